The lowest BCUT2D eigenvalue weighted by molar-refractivity contribution is 0.304. The van der Waals surface area contributed by atoms with E-state index in [2.05, 4.69) is 56.3 Å². The maximum atomic E-state index is 5.93. The van der Waals surface area contributed by atoms with Crippen LogP contribution in [0.4, 0.5) is 0 Å². The summed E-state index contributed by atoms with van der Waals surface area (Å²) in [6.07, 6.45) is 14.4. The SMILES string of the molecule is CCCCCCCCOc1ccc(-c2ccc3c(c2)CCC(CCC)C3)cc1. The Morgan fingerprint density at radius 3 is 2.32 bits per heavy atom. The van der Waals surface area contributed by atoms with Crippen molar-refractivity contribution in [2.75, 3.05) is 6.61 Å². The van der Waals surface area contributed by atoms with Crippen molar-refractivity contribution in [3.8, 4) is 16.9 Å². The van der Waals surface area contributed by atoms with E-state index in [0.29, 0.717) is 0 Å². The highest BCUT2D eigenvalue weighted by molar-refractivity contribution is 5.65. The predicted molar refractivity (Wildman–Crippen MR) is 121 cm³/mol. The van der Waals surface area contributed by atoms with Crippen LogP contribution >= 0.6 is 0 Å². The summed E-state index contributed by atoms with van der Waals surface area (Å²) in [5, 5.41) is 0. The van der Waals surface area contributed by atoms with E-state index in [9.17, 15) is 0 Å². The molecule has 28 heavy (non-hydrogen) atoms. The first kappa shape index (κ1) is 21.0. The molecule has 1 heteroatoms. The minimum Gasteiger partial charge on any atom is -0.494 e. The van der Waals surface area contributed by atoms with E-state index in [0.717, 1.165) is 24.7 Å². The number of ether oxygens (including phenoxy) is 1. The van der Waals surface area contributed by atoms with Gasteiger partial charge in [-0.2, -0.15) is 0 Å². The molecule has 0 amide bonds. The van der Waals surface area contributed by atoms with Crippen LogP contribution in [0.15, 0.2) is 42.5 Å². The van der Waals surface area contributed by atoms with Gasteiger partial charge in [-0.25, -0.2) is 0 Å². The Morgan fingerprint density at radius 1 is 0.786 bits per heavy atom. The fraction of sp³-hybridized carbons (Fsp3) is 0.556. The summed E-state index contributed by atoms with van der Waals surface area (Å²) < 4.78 is 5.93. The summed E-state index contributed by atoms with van der Waals surface area (Å²) in [5.41, 5.74) is 5.78. The molecule has 0 aliphatic heterocycles. The van der Waals surface area contributed by atoms with Crippen LogP contribution in [0.3, 0.4) is 0 Å². The predicted octanol–water partition coefficient (Wildman–Crippen LogP) is 8.00. The van der Waals surface area contributed by atoms with Gasteiger partial charge in [0, 0.05) is 0 Å². The fourth-order valence-electron chi connectivity index (χ4n) is 4.48. The second-order valence-electron chi connectivity index (χ2n) is 8.52. The number of benzene rings is 2. The second-order valence-corrected chi connectivity index (χ2v) is 8.52. The number of fused-ring (bicyclic) bond motifs is 1. The first-order valence-corrected chi connectivity index (χ1v) is 11.6. The highest BCUT2D eigenvalue weighted by Gasteiger charge is 2.18. The lowest BCUT2D eigenvalue weighted by Gasteiger charge is -2.24. The smallest absolute Gasteiger partial charge is 0.119 e. The highest BCUT2D eigenvalue weighted by atomic mass is 16.5. The van der Waals surface area contributed by atoms with Crippen molar-refractivity contribution in [2.24, 2.45) is 5.92 Å². The van der Waals surface area contributed by atoms with Gasteiger partial charge >= 0.3 is 0 Å². The zero-order valence-corrected chi connectivity index (χ0v) is 18.0. The van der Waals surface area contributed by atoms with E-state index in [1.54, 1.807) is 11.1 Å². The average Bonchev–Trinajstić information content (AvgIpc) is 2.73. The zero-order chi connectivity index (χ0) is 19.6. The standard InChI is InChI=1S/C27H38O/c1-3-5-6-7-8-9-19-28-27-17-15-23(16-18-27)25-14-13-24-20-22(10-4-2)11-12-26(24)21-25/h13-18,21-22H,3-12,19-20H2,1-2H3. The molecule has 2 aromatic carbocycles. The minimum atomic E-state index is 0.837. The normalized spacial score (nSPS) is 16.0. The molecule has 0 saturated heterocycles. The van der Waals surface area contributed by atoms with Crippen molar-refractivity contribution < 1.29 is 4.74 Å². The third kappa shape index (κ3) is 6.12. The molecule has 0 bridgehead atoms. The van der Waals surface area contributed by atoms with Crippen LogP contribution in [-0.4, -0.2) is 6.61 Å². The van der Waals surface area contributed by atoms with Gasteiger partial charge in [-0.3, -0.25) is 0 Å². The van der Waals surface area contributed by atoms with E-state index in [4.69, 9.17) is 4.74 Å². The number of hydrogen-bond acceptors (Lipinski definition) is 1. The van der Waals surface area contributed by atoms with Crippen LogP contribution in [0.25, 0.3) is 11.1 Å². The maximum Gasteiger partial charge on any atom is 0.119 e. The molecule has 3 rings (SSSR count). The Hall–Kier alpha value is -1.76. The summed E-state index contributed by atoms with van der Waals surface area (Å²) in [6.45, 7) is 5.41. The summed E-state index contributed by atoms with van der Waals surface area (Å²) in [6, 6.07) is 15.8. The Morgan fingerprint density at radius 2 is 1.54 bits per heavy atom. The van der Waals surface area contributed by atoms with Crippen LogP contribution in [-0.2, 0) is 12.8 Å². The van der Waals surface area contributed by atoms with Crippen molar-refractivity contribution in [3.05, 3.63) is 53.6 Å². The van der Waals surface area contributed by atoms with Gasteiger partial charge in [0.25, 0.3) is 0 Å². The molecule has 0 fully saturated rings. The van der Waals surface area contributed by atoms with Gasteiger partial charge in [0.1, 0.15) is 5.75 Å². The zero-order valence-electron chi connectivity index (χ0n) is 18.0. The number of aryl methyl sites for hydroxylation is 1. The minimum absolute atomic E-state index is 0.837. The fourth-order valence-corrected chi connectivity index (χ4v) is 4.48. The Labute approximate surface area is 172 Å². The third-order valence-electron chi connectivity index (χ3n) is 6.19. The van der Waals surface area contributed by atoms with Gasteiger partial charge in [0.05, 0.1) is 6.61 Å². The van der Waals surface area contributed by atoms with E-state index in [1.165, 1.54) is 75.3 Å². The van der Waals surface area contributed by atoms with Crippen LogP contribution in [0, 0.1) is 5.92 Å². The maximum absolute atomic E-state index is 5.93. The van der Waals surface area contributed by atoms with Gasteiger partial charge in [0.15, 0.2) is 0 Å². The molecule has 0 saturated carbocycles. The van der Waals surface area contributed by atoms with Crippen molar-refractivity contribution >= 4 is 0 Å². The summed E-state index contributed by atoms with van der Waals surface area (Å²) in [5.74, 6) is 1.89. The van der Waals surface area contributed by atoms with Gasteiger partial charge < -0.3 is 4.74 Å². The van der Waals surface area contributed by atoms with Gasteiger partial charge in [-0.1, -0.05) is 89.1 Å². The lowest BCUT2D eigenvalue weighted by atomic mass is 9.81. The van der Waals surface area contributed by atoms with E-state index in [-0.39, 0.29) is 0 Å². The van der Waals surface area contributed by atoms with Crippen molar-refractivity contribution in [1.29, 1.82) is 0 Å². The first-order chi connectivity index (χ1) is 13.8. The van der Waals surface area contributed by atoms with Crippen LogP contribution in [0.5, 0.6) is 5.75 Å². The molecule has 0 N–H and O–H groups in total. The molecule has 0 radical (unpaired) electrons. The summed E-state index contributed by atoms with van der Waals surface area (Å²) >= 11 is 0. The Bertz CT molecular complexity index is 701. The first-order valence-electron chi connectivity index (χ1n) is 11.6. The third-order valence-corrected chi connectivity index (χ3v) is 6.19. The molecule has 0 heterocycles. The van der Waals surface area contributed by atoms with Gasteiger partial charge in [-0.05, 0) is 66.0 Å². The average molecular weight is 379 g/mol. The largest absolute Gasteiger partial charge is 0.494 e. The lowest BCUT2D eigenvalue weighted by Crippen LogP contribution is -2.14. The van der Waals surface area contributed by atoms with E-state index >= 15 is 0 Å². The molecule has 1 atom stereocenters. The van der Waals surface area contributed by atoms with Crippen LogP contribution in [0.2, 0.25) is 0 Å². The molecule has 1 nitrogen and oxygen atoms in total. The van der Waals surface area contributed by atoms with Crippen LogP contribution in [0.1, 0.15) is 82.8 Å². The second kappa shape index (κ2) is 11.3. The topological polar surface area (TPSA) is 9.23 Å². The Balaban J connectivity index is 1.50. The van der Waals surface area contributed by atoms with Crippen molar-refractivity contribution in [1.82, 2.24) is 0 Å². The number of hydrogen-bond donors (Lipinski definition) is 0. The van der Waals surface area contributed by atoms with E-state index < -0.39 is 0 Å². The molecule has 0 aromatic heterocycles. The molecule has 152 valence electrons. The quantitative estimate of drug-likeness (QED) is 0.360. The summed E-state index contributed by atoms with van der Waals surface area (Å²) in [4.78, 5) is 0. The molecular weight excluding hydrogens is 340 g/mol. The van der Waals surface area contributed by atoms with Crippen molar-refractivity contribution in [3.63, 3.8) is 0 Å². The highest BCUT2D eigenvalue weighted by Crippen LogP contribution is 2.32. The number of unbranched alkanes of at least 4 members (excludes halogenated alkanes) is 5. The Kier molecular flexibility index (Phi) is 8.45. The van der Waals surface area contributed by atoms with Crippen molar-refractivity contribution in [2.45, 2.75) is 84.5 Å². The molecule has 1 unspecified atom stereocenters. The van der Waals surface area contributed by atoms with E-state index in [1.807, 2.05) is 0 Å². The van der Waals surface area contributed by atoms with Crippen LogP contribution < -0.4 is 4.74 Å². The van der Waals surface area contributed by atoms with Gasteiger partial charge in [-0.15, -0.1) is 0 Å². The van der Waals surface area contributed by atoms with Gasteiger partial charge in [0.2, 0.25) is 0 Å². The monoisotopic (exact) mass is 378 g/mol. The molecule has 2 aromatic rings. The molecule has 0 spiro atoms. The number of rotatable bonds is 11. The molecule has 1 aliphatic carbocycles. The summed E-state index contributed by atoms with van der Waals surface area (Å²) in [7, 11) is 0. The molecular formula is C27H38O. The molecule has 1 aliphatic rings.